The van der Waals surface area contributed by atoms with Gasteiger partial charge in [-0.05, 0) is 42.0 Å². The summed E-state index contributed by atoms with van der Waals surface area (Å²) in [6.07, 6.45) is 3.69. The van der Waals surface area contributed by atoms with Crippen LogP contribution in [0.2, 0.25) is 0 Å². The van der Waals surface area contributed by atoms with Crippen molar-refractivity contribution in [2.24, 2.45) is 0 Å². The predicted molar refractivity (Wildman–Crippen MR) is 87.3 cm³/mol. The number of hydrogen-bond donors (Lipinski definition) is 2. The summed E-state index contributed by atoms with van der Waals surface area (Å²) in [5.41, 5.74) is 2.29. The van der Waals surface area contributed by atoms with Crippen LogP contribution >= 0.6 is 0 Å². The molecule has 1 fully saturated rings. The summed E-state index contributed by atoms with van der Waals surface area (Å²) in [4.78, 5) is 23.8. The molecule has 4 heteroatoms. The van der Waals surface area contributed by atoms with E-state index in [-0.39, 0.29) is 5.91 Å². The highest BCUT2D eigenvalue weighted by molar-refractivity contribution is 5.96. The minimum atomic E-state index is -1.07. The first-order valence-electron chi connectivity index (χ1n) is 7.84. The number of aliphatic carboxylic acids is 1. The van der Waals surface area contributed by atoms with Crippen molar-refractivity contribution in [2.75, 3.05) is 0 Å². The molecule has 1 saturated carbocycles. The highest BCUT2D eigenvalue weighted by atomic mass is 16.4. The molecule has 0 aromatic heterocycles. The molecule has 23 heavy (non-hydrogen) atoms. The van der Waals surface area contributed by atoms with Crippen LogP contribution in [-0.2, 0) is 4.79 Å². The van der Waals surface area contributed by atoms with Gasteiger partial charge >= 0.3 is 5.97 Å². The largest absolute Gasteiger partial charge is 0.479 e. The highest BCUT2D eigenvalue weighted by Gasteiger charge is 2.23. The van der Waals surface area contributed by atoms with E-state index in [0.717, 1.165) is 0 Å². The molecule has 1 amide bonds. The number of amides is 1. The Morgan fingerprint density at radius 2 is 1.65 bits per heavy atom. The summed E-state index contributed by atoms with van der Waals surface area (Å²) in [7, 11) is 0. The SMILES string of the molecule is O=C(NC(C(=O)O)c1ccccc1)c1ccc(C2CCC2)cc1. The maximum Gasteiger partial charge on any atom is 0.330 e. The Hall–Kier alpha value is -2.62. The van der Waals surface area contributed by atoms with Crippen molar-refractivity contribution >= 4 is 11.9 Å². The molecule has 1 aliphatic carbocycles. The van der Waals surface area contributed by atoms with E-state index in [4.69, 9.17) is 0 Å². The molecule has 0 bridgehead atoms. The van der Waals surface area contributed by atoms with Gasteiger partial charge in [0, 0.05) is 5.56 Å². The van der Waals surface area contributed by atoms with Crippen molar-refractivity contribution in [1.82, 2.24) is 5.32 Å². The second kappa shape index (κ2) is 6.65. The van der Waals surface area contributed by atoms with Gasteiger partial charge in [-0.2, -0.15) is 0 Å². The summed E-state index contributed by atoms with van der Waals surface area (Å²) >= 11 is 0. The third-order valence-corrected chi connectivity index (χ3v) is 4.40. The Labute approximate surface area is 135 Å². The van der Waals surface area contributed by atoms with Gasteiger partial charge in [0.1, 0.15) is 0 Å². The predicted octanol–water partition coefficient (Wildman–Crippen LogP) is 3.51. The van der Waals surface area contributed by atoms with E-state index in [9.17, 15) is 14.7 Å². The molecule has 118 valence electrons. The van der Waals surface area contributed by atoms with Gasteiger partial charge in [-0.15, -0.1) is 0 Å². The molecule has 0 aliphatic heterocycles. The summed E-state index contributed by atoms with van der Waals surface area (Å²) in [6, 6.07) is 15.1. The number of carbonyl (C=O) groups excluding carboxylic acids is 1. The fourth-order valence-electron chi connectivity index (χ4n) is 2.80. The molecule has 1 aliphatic rings. The first-order chi connectivity index (χ1) is 11.1. The average molecular weight is 309 g/mol. The van der Waals surface area contributed by atoms with Crippen LogP contribution in [0.25, 0.3) is 0 Å². The average Bonchev–Trinajstić information content (AvgIpc) is 2.52. The van der Waals surface area contributed by atoms with Gasteiger partial charge in [-0.3, -0.25) is 4.79 Å². The van der Waals surface area contributed by atoms with Gasteiger partial charge < -0.3 is 10.4 Å². The molecular formula is C19H19NO3. The lowest BCUT2D eigenvalue weighted by Crippen LogP contribution is -2.33. The molecule has 0 heterocycles. The smallest absolute Gasteiger partial charge is 0.330 e. The summed E-state index contributed by atoms with van der Waals surface area (Å²) in [6.45, 7) is 0. The van der Waals surface area contributed by atoms with Crippen LogP contribution in [0.3, 0.4) is 0 Å². The van der Waals surface area contributed by atoms with Crippen molar-refractivity contribution in [3.63, 3.8) is 0 Å². The van der Waals surface area contributed by atoms with E-state index in [1.54, 1.807) is 36.4 Å². The number of carbonyl (C=O) groups is 2. The van der Waals surface area contributed by atoms with Crippen LogP contribution in [0.5, 0.6) is 0 Å². The third kappa shape index (κ3) is 3.42. The van der Waals surface area contributed by atoms with E-state index in [1.807, 2.05) is 18.2 Å². The number of benzene rings is 2. The van der Waals surface area contributed by atoms with Gasteiger partial charge in [0.25, 0.3) is 5.91 Å². The zero-order valence-corrected chi connectivity index (χ0v) is 12.7. The second-order valence-corrected chi connectivity index (χ2v) is 5.91. The van der Waals surface area contributed by atoms with E-state index < -0.39 is 12.0 Å². The Bertz CT molecular complexity index is 690. The van der Waals surface area contributed by atoms with Crippen molar-refractivity contribution in [3.05, 3.63) is 71.3 Å². The van der Waals surface area contributed by atoms with E-state index in [2.05, 4.69) is 5.32 Å². The minimum Gasteiger partial charge on any atom is -0.479 e. The lowest BCUT2D eigenvalue weighted by molar-refractivity contribution is -0.139. The number of carboxylic acid groups (broad SMARTS) is 1. The van der Waals surface area contributed by atoms with Crippen molar-refractivity contribution < 1.29 is 14.7 Å². The Morgan fingerprint density at radius 1 is 1.00 bits per heavy atom. The van der Waals surface area contributed by atoms with Crippen LogP contribution < -0.4 is 5.32 Å². The first-order valence-corrected chi connectivity index (χ1v) is 7.84. The molecular weight excluding hydrogens is 290 g/mol. The highest BCUT2D eigenvalue weighted by Crippen LogP contribution is 2.36. The zero-order chi connectivity index (χ0) is 16.2. The van der Waals surface area contributed by atoms with Crippen LogP contribution in [0, 0.1) is 0 Å². The van der Waals surface area contributed by atoms with Crippen LogP contribution in [0.15, 0.2) is 54.6 Å². The van der Waals surface area contributed by atoms with Gasteiger partial charge in [0.15, 0.2) is 6.04 Å². The molecule has 2 N–H and O–H groups in total. The minimum absolute atomic E-state index is 0.374. The normalized spacial score (nSPS) is 15.5. The fraction of sp³-hybridized carbons (Fsp3) is 0.263. The number of hydrogen-bond acceptors (Lipinski definition) is 2. The van der Waals surface area contributed by atoms with Crippen molar-refractivity contribution in [2.45, 2.75) is 31.2 Å². The lowest BCUT2D eigenvalue weighted by Gasteiger charge is -2.25. The van der Waals surface area contributed by atoms with Gasteiger partial charge in [0.05, 0.1) is 0 Å². The molecule has 0 saturated heterocycles. The number of nitrogens with one attached hydrogen (secondary N) is 1. The Kier molecular flexibility index (Phi) is 4.42. The van der Waals surface area contributed by atoms with Crippen molar-refractivity contribution in [3.8, 4) is 0 Å². The molecule has 4 nitrogen and oxygen atoms in total. The van der Waals surface area contributed by atoms with Gasteiger partial charge in [-0.25, -0.2) is 4.79 Å². The molecule has 0 radical (unpaired) electrons. The fourth-order valence-corrected chi connectivity index (χ4v) is 2.80. The number of carboxylic acids is 1. The van der Waals surface area contributed by atoms with Crippen LogP contribution in [-0.4, -0.2) is 17.0 Å². The molecule has 0 spiro atoms. The number of rotatable bonds is 5. The molecule has 2 aromatic carbocycles. The zero-order valence-electron chi connectivity index (χ0n) is 12.7. The quantitative estimate of drug-likeness (QED) is 0.888. The van der Waals surface area contributed by atoms with E-state index in [1.165, 1.54) is 24.8 Å². The molecule has 1 atom stereocenters. The second-order valence-electron chi connectivity index (χ2n) is 5.91. The maximum absolute atomic E-state index is 12.3. The van der Waals surface area contributed by atoms with E-state index in [0.29, 0.717) is 17.0 Å². The summed E-state index contributed by atoms with van der Waals surface area (Å²) in [5.74, 6) is -0.833. The van der Waals surface area contributed by atoms with Gasteiger partial charge in [0.2, 0.25) is 0 Å². The standard InChI is InChI=1S/C19H19NO3/c21-18(16-11-9-14(10-12-16)13-7-4-8-13)20-17(19(22)23)15-5-2-1-3-6-15/h1-3,5-6,9-13,17H,4,7-8H2,(H,20,21)(H,22,23). The summed E-state index contributed by atoms with van der Waals surface area (Å²) in [5, 5.41) is 12.0. The monoisotopic (exact) mass is 309 g/mol. The summed E-state index contributed by atoms with van der Waals surface area (Å²) < 4.78 is 0. The lowest BCUT2D eigenvalue weighted by atomic mass is 9.80. The maximum atomic E-state index is 12.3. The molecule has 2 aromatic rings. The van der Waals surface area contributed by atoms with Gasteiger partial charge in [-0.1, -0.05) is 48.9 Å². The Morgan fingerprint density at radius 3 is 2.17 bits per heavy atom. The van der Waals surface area contributed by atoms with Crippen LogP contribution in [0.1, 0.15) is 52.7 Å². The van der Waals surface area contributed by atoms with Crippen molar-refractivity contribution in [1.29, 1.82) is 0 Å². The first kappa shape index (κ1) is 15.3. The topological polar surface area (TPSA) is 66.4 Å². The molecule has 3 rings (SSSR count). The Balaban J connectivity index is 1.72. The third-order valence-electron chi connectivity index (χ3n) is 4.40. The van der Waals surface area contributed by atoms with E-state index >= 15 is 0 Å². The van der Waals surface area contributed by atoms with Crippen LogP contribution in [0.4, 0.5) is 0 Å². The molecule has 1 unspecified atom stereocenters.